The van der Waals surface area contributed by atoms with E-state index in [1.807, 2.05) is 24.3 Å². The fraction of sp³-hybridized carbons (Fsp3) is 0.472. The van der Waals surface area contributed by atoms with E-state index in [0.29, 0.717) is 5.56 Å². The van der Waals surface area contributed by atoms with E-state index in [2.05, 4.69) is 76.1 Å². The summed E-state index contributed by atoms with van der Waals surface area (Å²) in [5.74, 6) is -0.269. The Morgan fingerprint density at radius 1 is 0.756 bits per heavy atom. The number of nitrogens with zero attached hydrogens (tertiary/aromatic N) is 2. The van der Waals surface area contributed by atoms with Crippen molar-refractivity contribution >= 4 is 5.97 Å². The van der Waals surface area contributed by atoms with Gasteiger partial charge in [-0.25, -0.2) is 4.79 Å². The molecule has 0 bridgehead atoms. The second-order valence-electron chi connectivity index (χ2n) is 11.3. The lowest BCUT2D eigenvalue weighted by atomic mass is 10.1. The molecule has 2 aliphatic rings. The molecule has 1 atom stereocenters. The Morgan fingerprint density at radius 2 is 1.39 bits per heavy atom. The number of likely N-dealkylation sites (tertiary alicyclic amines) is 2. The van der Waals surface area contributed by atoms with Gasteiger partial charge in [0.1, 0.15) is 6.23 Å². The predicted molar refractivity (Wildman–Crippen MR) is 167 cm³/mol. The van der Waals surface area contributed by atoms with Crippen molar-refractivity contribution in [3.05, 3.63) is 107 Å². The molecule has 2 heterocycles. The Labute approximate surface area is 247 Å². The Bertz CT molecular complexity index is 1140. The summed E-state index contributed by atoms with van der Waals surface area (Å²) in [6, 6.07) is 27.2. The van der Waals surface area contributed by atoms with Crippen molar-refractivity contribution in [2.75, 3.05) is 39.9 Å². The molecule has 5 rings (SSSR count). The van der Waals surface area contributed by atoms with Gasteiger partial charge in [-0.05, 0) is 87.4 Å². The summed E-state index contributed by atoms with van der Waals surface area (Å²) >= 11 is 0. The van der Waals surface area contributed by atoms with Crippen LogP contribution in [0.15, 0.2) is 78.9 Å². The lowest BCUT2D eigenvalue weighted by Crippen LogP contribution is -2.35. The SMILES string of the molecule is COC(=O)c1ccc(CN2CCCCC2)cc1.Cc1ccc(C(OCCCc2ccccc2)N2CCCCC2)cc1. The second kappa shape index (κ2) is 17.1. The fourth-order valence-corrected chi connectivity index (χ4v) is 5.65. The third-order valence-electron chi connectivity index (χ3n) is 8.04. The minimum absolute atomic E-state index is 0.113. The van der Waals surface area contributed by atoms with Crippen LogP contribution in [0.5, 0.6) is 0 Å². The van der Waals surface area contributed by atoms with Crippen LogP contribution in [0, 0.1) is 6.92 Å². The van der Waals surface area contributed by atoms with E-state index >= 15 is 0 Å². The van der Waals surface area contributed by atoms with Crippen LogP contribution in [0.1, 0.15) is 83.8 Å². The molecule has 2 aliphatic heterocycles. The first kappa shape index (κ1) is 31.0. The quantitative estimate of drug-likeness (QED) is 0.190. The average Bonchev–Trinajstić information content (AvgIpc) is 3.03. The monoisotopic (exact) mass is 556 g/mol. The van der Waals surface area contributed by atoms with Gasteiger partial charge in [0.05, 0.1) is 12.7 Å². The molecule has 2 fully saturated rings. The molecule has 0 aromatic heterocycles. The predicted octanol–water partition coefficient (Wildman–Crippen LogP) is 7.59. The van der Waals surface area contributed by atoms with Gasteiger partial charge in [0.25, 0.3) is 0 Å². The molecule has 0 aliphatic carbocycles. The van der Waals surface area contributed by atoms with E-state index in [-0.39, 0.29) is 12.2 Å². The van der Waals surface area contributed by atoms with Crippen LogP contribution in [0.2, 0.25) is 0 Å². The highest BCUT2D eigenvalue weighted by atomic mass is 16.5. The van der Waals surface area contributed by atoms with Crippen molar-refractivity contribution in [1.29, 1.82) is 0 Å². The van der Waals surface area contributed by atoms with Crippen molar-refractivity contribution in [2.45, 2.75) is 71.1 Å². The number of aryl methyl sites for hydroxylation is 2. The van der Waals surface area contributed by atoms with Crippen LogP contribution in [-0.4, -0.2) is 55.7 Å². The van der Waals surface area contributed by atoms with E-state index in [1.165, 1.54) is 81.0 Å². The lowest BCUT2D eigenvalue weighted by Gasteiger charge is -2.34. The summed E-state index contributed by atoms with van der Waals surface area (Å²) in [5, 5.41) is 0. The maximum atomic E-state index is 11.3. The second-order valence-corrected chi connectivity index (χ2v) is 11.3. The van der Waals surface area contributed by atoms with Gasteiger partial charge in [0.2, 0.25) is 0 Å². The molecule has 0 amide bonds. The first-order valence-corrected chi connectivity index (χ1v) is 15.5. The molecule has 1 unspecified atom stereocenters. The van der Waals surface area contributed by atoms with Crippen LogP contribution < -0.4 is 0 Å². The summed E-state index contributed by atoms with van der Waals surface area (Å²) in [6.45, 7) is 8.62. The van der Waals surface area contributed by atoms with Crippen LogP contribution in [-0.2, 0) is 22.4 Å². The fourth-order valence-electron chi connectivity index (χ4n) is 5.65. The smallest absolute Gasteiger partial charge is 0.337 e. The minimum atomic E-state index is -0.269. The van der Waals surface area contributed by atoms with Crippen molar-refractivity contribution in [1.82, 2.24) is 9.80 Å². The maximum Gasteiger partial charge on any atom is 0.337 e. The molecule has 0 N–H and O–H groups in total. The molecular formula is C36H48N2O3. The van der Waals surface area contributed by atoms with Gasteiger partial charge in [-0.1, -0.05) is 85.1 Å². The average molecular weight is 557 g/mol. The summed E-state index contributed by atoms with van der Waals surface area (Å²) in [4.78, 5) is 16.3. The number of hydrogen-bond acceptors (Lipinski definition) is 5. The summed E-state index contributed by atoms with van der Waals surface area (Å²) in [5.41, 5.74) is 5.88. The van der Waals surface area contributed by atoms with E-state index in [0.717, 1.165) is 39.1 Å². The van der Waals surface area contributed by atoms with Crippen molar-refractivity contribution < 1.29 is 14.3 Å². The molecule has 2 saturated heterocycles. The summed E-state index contributed by atoms with van der Waals surface area (Å²) < 4.78 is 11.0. The van der Waals surface area contributed by atoms with Crippen LogP contribution >= 0.6 is 0 Å². The van der Waals surface area contributed by atoms with E-state index in [9.17, 15) is 4.79 Å². The highest BCUT2D eigenvalue weighted by Crippen LogP contribution is 2.26. The molecule has 41 heavy (non-hydrogen) atoms. The number of benzene rings is 3. The van der Waals surface area contributed by atoms with Gasteiger partial charge in [0.15, 0.2) is 0 Å². The molecular weight excluding hydrogens is 508 g/mol. The molecule has 0 saturated carbocycles. The van der Waals surface area contributed by atoms with Crippen molar-refractivity contribution in [2.24, 2.45) is 0 Å². The third-order valence-corrected chi connectivity index (χ3v) is 8.04. The number of rotatable bonds is 10. The van der Waals surface area contributed by atoms with Gasteiger partial charge in [-0.15, -0.1) is 0 Å². The Kier molecular flexibility index (Phi) is 12.9. The number of ether oxygens (including phenoxy) is 2. The number of esters is 1. The van der Waals surface area contributed by atoms with E-state index in [1.54, 1.807) is 0 Å². The number of carbonyl (C=O) groups excluding carboxylic acids is 1. The van der Waals surface area contributed by atoms with Crippen molar-refractivity contribution in [3.63, 3.8) is 0 Å². The minimum Gasteiger partial charge on any atom is -0.465 e. The number of carbonyl (C=O) groups is 1. The molecule has 5 nitrogen and oxygen atoms in total. The number of piperidine rings is 2. The van der Waals surface area contributed by atoms with Gasteiger partial charge in [0, 0.05) is 26.2 Å². The van der Waals surface area contributed by atoms with Gasteiger partial charge >= 0.3 is 5.97 Å². The summed E-state index contributed by atoms with van der Waals surface area (Å²) in [7, 11) is 1.41. The molecule has 0 spiro atoms. The molecule has 0 radical (unpaired) electrons. The standard InChI is InChI=1S/C22H29NO.C14H19NO2/c1-19-12-14-21(15-13-19)22(23-16-6-3-7-17-23)24-18-8-11-20-9-4-2-5-10-20;1-17-14(16)13-7-5-12(6-8-13)11-15-9-3-2-4-10-15/h2,4-5,9-10,12-15,22H,3,6-8,11,16-18H2,1H3;5-8H,2-4,9-11H2,1H3. The lowest BCUT2D eigenvalue weighted by molar-refractivity contribution is -0.0707. The topological polar surface area (TPSA) is 42.0 Å². The first-order chi connectivity index (χ1) is 20.1. The zero-order chi connectivity index (χ0) is 28.7. The highest BCUT2D eigenvalue weighted by Gasteiger charge is 2.22. The largest absolute Gasteiger partial charge is 0.465 e. The molecule has 3 aromatic carbocycles. The third kappa shape index (κ3) is 10.4. The van der Waals surface area contributed by atoms with E-state index in [4.69, 9.17) is 4.74 Å². The van der Waals surface area contributed by atoms with E-state index < -0.39 is 0 Å². The van der Waals surface area contributed by atoms with Crippen LogP contribution in [0.4, 0.5) is 0 Å². The van der Waals surface area contributed by atoms with Gasteiger partial charge in [-0.3, -0.25) is 9.80 Å². The summed E-state index contributed by atoms with van der Waals surface area (Å²) in [6.07, 6.45) is 10.2. The van der Waals surface area contributed by atoms with Gasteiger partial charge in [-0.2, -0.15) is 0 Å². The zero-order valence-electron chi connectivity index (χ0n) is 25.1. The molecule has 3 aromatic rings. The molecule has 220 valence electrons. The van der Waals surface area contributed by atoms with Crippen LogP contribution in [0.3, 0.4) is 0 Å². The Hall–Kier alpha value is -2.99. The normalized spacial score (nSPS) is 16.8. The zero-order valence-corrected chi connectivity index (χ0v) is 25.1. The number of hydrogen-bond donors (Lipinski definition) is 0. The first-order valence-electron chi connectivity index (χ1n) is 15.5. The van der Waals surface area contributed by atoms with Crippen LogP contribution in [0.25, 0.3) is 0 Å². The molecule has 5 heteroatoms. The highest BCUT2D eigenvalue weighted by molar-refractivity contribution is 5.89. The van der Waals surface area contributed by atoms with Gasteiger partial charge < -0.3 is 9.47 Å². The maximum absolute atomic E-state index is 11.3. The Balaban J connectivity index is 0.000000201. The number of methoxy groups -OCH3 is 1. The van der Waals surface area contributed by atoms with Crippen molar-refractivity contribution in [3.8, 4) is 0 Å². The Morgan fingerprint density at radius 3 is 2.02 bits per heavy atom.